The van der Waals surface area contributed by atoms with Gasteiger partial charge in [0.05, 0.1) is 11.1 Å². The van der Waals surface area contributed by atoms with Crippen molar-refractivity contribution < 1.29 is 18.8 Å². The van der Waals surface area contributed by atoms with E-state index in [2.05, 4.69) is 10.5 Å². The number of aliphatic carboxylic acids is 1. The Hall–Kier alpha value is -4.78. The number of carboxylic acid groups (broad SMARTS) is 1. The molecule has 7 heteroatoms. The van der Waals surface area contributed by atoms with E-state index < -0.39 is 11.4 Å². The summed E-state index contributed by atoms with van der Waals surface area (Å²) in [5, 5.41) is 17.5. The van der Waals surface area contributed by atoms with Crippen molar-refractivity contribution in [3.05, 3.63) is 108 Å². The highest BCUT2D eigenvalue weighted by atomic mass is 19.1. The molecular formula is C32H26FN3O3. The Morgan fingerprint density at radius 1 is 0.923 bits per heavy atom. The van der Waals surface area contributed by atoms with Crippen molar-refractivity contribution in [2.24, 2.45) is 0 Å². The number of aryl methyl sites for hydroxylation is 1. The summed E-state index contributed by atoms with van der Waals surface area (Å²) in [5.41, 5.74) is 5.62. The van der Waals surface area contributed by atoms with Crippen LogP contribution < -0.4 is 5.32 Å². The SMILES string of the molecule is Cc1noc(-c2cc(C3(C(=O)O)CC3)ccc2-c2ccccc2)c1Nc1cccc(-c2cccc(F)c2C)n1. The van der Waals surface area contributed by atoms with Crippen LogP contribution in [0.25, 0.3) is 33.7 Å². The van der Waals surface area contributed by atoms with Gasteiger partial charge < -0.3 is 14.9 Å². The van der Waals surface area contributed by atoms with Crippen molar-refractivity contribution in [2.75, 3.05) is 5.32 Å². The minimum absolute atomic E-state index is 0.284. The number of carbonyl (C=O) groups is 1. The standard InChI is InChI=1S/C32H26FN3O3/c1-19-23(10-6-11-26(19)33)27-12-7-13-28(34-27)35-29-20(2)36-39-30(29)25-18-22(32(16-17-32)31(37)38)14-15-24(25)21-8-4-3-5-9-21/h3-15,18H,16-17H2,1-2H3,(H,34,35)(H,37,38). The quantitative estimate of drug-likeness (QED) is 0.229. The molecule has 0 aliphatic heterocycles. The van der Waals surface area contributed by atoms with Crippen molar-refractivity contribution >= 4 is 17.5 Å². The number of rotatable bonds is 7. The van der Waals surface area contributed by atoms with Gasteiger partial charge in [-0.2, -0.15) is 0 Å². The summed E-state index contributed by atoms with van der Waals surface area (Å²) >= 11 is 0. The third-order valence-corrected chi connectivity index (χ3v) is 7.47. The van der Waals surface area contributed by atoms with Gasteiger partial charge in [0.1, 0.15) is 23.0 Å². The fourth-order valence-corrected chi connectivity index (χ4v) is 5.02. The van der Waals surface area contributed by atoms with Gasteiger partial charge in [0.2, 0.25) is 0 Å². The Labute approximate surface area is 225 Å². The average Bonchev–Trinajstić information content (AvgIpc) is 3.70. The van der Waals surface area contributed by atoms with Crippen LogP contribution in [0.4, 0.5) is 15.9 Å². The van der Waals surface area contributed by atoms with Crippen molar-refractivity contribution in [1.29, 1.82) is 0 Å². The van der Waals surface area contributed by atoms with Gasteiger partial charge in [-0.3, -0.25) is 4.79 Å². The molecule has 0 atom stereocenters. The van der Waals surface area contributed by atoms with Crippen LogP contribution in [0.1, 0.15) is 29.7 Å². The van der Waals surface area contributed by atoms with Gasteiger partial charge in [0.15, 0.2) is 5.76 Å². The number of carboxylic acids is 1. The fourth-order valence-electron chi connectivity index (χ4n) is 5.02. The first kappa shape index (κ1) is 24.6. The molecule has 0 amide bonds. The number of hydrogen-bond donors (Lipinski definition) is 2. The van der Waals surface area contributed by atoms with Crippen molar-refractivity contribution in [1.82, 2.24) is 10.1 Å². The third-order valence-electron chi connectivity index (χ3n) is 7.47. The van der Waals surface area contributed by atoms with Gasteiger partial charge in [0, 0.05) is 11.1 Å². The molecule has 0 unspecified atom stereocenters. The largest absolute Gasteiger partial charge is 0.481 e. The number of nitrogens with zero attached hydrogens (tertiary/aromatic N) is 2. The Balaban J connectivity index is 1.45. The predicted molar refractivity (Wildman–Crippen MR) is 148 cm³/mol. The lowest BCUT2D eigenvalue weighted by Crippen LogP contribution is -2.19. The molecule has 2 N–H and O–H groups in total. The summed E-state index contributed by atoms with van der Waals surface area (Å²) in [6.07, 6.45) is 1.20. The molecule has 39 heavy (non-hydrogen) atoms. The number of anilines is 2. The van der Waals surface area contributed by atoms with Crippen molar-refractivity contribution in [3.8, 4) is 33.7 Å². The maximum atomic E-state index is 14.2. The molecule has 1 aliphatic carbocycles. The third kappa shape index (κ3) is 4.36. The molecule has 0 radical (unpaired) electrons. The van der Waals surface area contributed by atoms with Gasteiger partial charge in [-0.15, -0.1) is 0 Å². The second-order valence-electron chi connectivity index (χ2n) is 9.93. The Bertz CT molecular complexity index is 1710. The van der Waals surface area contributed by atoms with Crippen molar-refractivity contribution in [3.63, 3.8) is 0 Å². The summed E-state index contributed by atoms with van der Waals surface area (Å²) in [6, 6.07) is 26.1. The highest BCUT2D eigenvalue weighted by molar-refractivity contribution is 5.91. The zero-order valence-corrected chi connectivity index (χ0v) is 21.5. The number of pyridine rings is 1. The Morgan fingerprint density at radius 2 is 1.69 bits per heavy atom. The number of aromatic nitrogens is 2. The summed E-state index contributed by atoms with van der Waals surface area (Å²) < 4.78 is 20.1. The molecule has 1 fully saturated rings. The highest BCUT2D eigenvalue weighted by Gasteiger charge is 2.52. The number of halogens is 1. The van der Waals surface area contributed by atoms with Crippen LogP contribution in [0.15, 0.2) is 89.5 Å². The topological polar surface area (TPSA) is 88.2 Å². The summed E-state index contributed by atoms with van der Waals surface area (Å²) in [6.45, 7) is 3.57. The molecule has 1 aliphatic rings. The molecule has 1 saturated carbocycles. The van der Waals surface area contributed by atoms with Crippen LogP contribution in [0.3, 0.4) is 0 Å². The van der Waals surface area contributed by atoms with Crippen LogP contribution in [-0.4, -0.2) is 21.2 Å². The highest BCUT2D eigenvalue weighted by Crippen LogP contribution is 2.50. The van der Waals surface area contributed by atoms with Gasteiger partial charge in [-0.1, -0.05) is 65.8 Å². The van der Waals surface area contributed by atoms with Gasteiger partial charge >= 0.3 is 5.97 Å². The molecule has 2 aromatic heterocycles. The molecule has 0 saturated heterocycles. The van der Waals surface area contributed by atoms with E-state index in [0.717, 1.165) is 22.3 Å². The zero-order valence-electron chi connectivity index (χ0n) is 21.5. The first-order chi connectivity index (χ1) is 18.9. The van der Waals surface area contributed by atoms with Crippen LogP contribution in [0.2, 0.25) is 0 Å². The summed E-state index contributed by atoms with van der Waals surface area (Å²) in [7, 11) is 0. The molecular weight excluding hydrogens is 493 g/mol. The van der Waals surface area contributed by atoms with E-state index in [1.54, 1.807) is 13.0 Å². The molecule has 2 heterocycles. The summed E-state index contributed by atoms with van der Waals surface area (Å²) in [5.74, 6) is -0.0662. The van der Waals surface area contributed by atoms with E-state index in [-0.39, 0.29) is 5.82 Å². The maximum absolute atomic E-state index is 14.2. The monoisotopic (exact) mass is 519 g/mol. The average molecular weight is 520 g/mol. The smallest absolute Gasteiger partial charge is 0.314 e. The molecule has 0 bridgehead atoms. The number of hydrogen-bond acceptors (Lipinski definition) is 5. The molecule has 0 spiro atoms. The van der Waals surface area contributed by atoms with Crippen LogP contribution in [0, 0.1) is 19.7 Å². The lowest BCUT2D eigenvalue weighted by atomic mass is 9.89. The first-order valence-corrected chi connectivity index (χ1v) is 12.8. The van der Waals surface area contributed by atoms with E-state index in [1.165, 1.54) is 6.07 Å². The van der Waals surface area contributed by atoms with Gasteiger partial charge in [-0.05, 0) is 73.2 Å². The van der Waals surface area contributed by atoms with E-state index in [9.17, 15) is 14.3 Å². The lowest BCUT2D eigenvalue weighted by Gasteiger charge is -2.16. The molecule has 6 nitrogen and oxygen atoms in total. The Kier molecular flexibility index (Phi) is 5.99. The summed E-state index contributed by atoms with van der Waals surface area (Å²) in [4.78, 5) is 16.9. The zero-order chi connectivity index (χ0) is 27.1. The van der Waals surface area contributed by atoms with E-state index in [1.807, 2.05) is 79.7 Å². The molecule has 3 aromatic carbocycles. The predicted octanol–water partition coefficient (Wildman–Crippen LogP) is 7.69. The number of nitrogens with one attached hydrogen (secondary N) is 1. The Morgan fingerprint density at radius 3 is 2.44 bits per heavy atom. The van der Waals surface area contributed by atoms with E-state index in [4.69, 9.17) is 9.51 Å². The minimum Gasteiger partial charge on any atom is -0.481 e. The van der Waals surface area contributed by atoms with E-state index in [0.29, 0.717) is 52.6 Å². The fraction of sp³-hybridized carbons (Fsp3) is 0.156. The molecule has 6 rings (SSSR count). The van der Waals surface area contributed by atoms with Gasteiger partial charge in [0.25, 0.3) is 0 Å². The van der Waals surface area contributed by atoms with Crippen LogP contribution in [0.5, 0.6) is 0 Å². The van der Waals surface area contributed by atoms with Crippen molar-refractivity contribution in [2.45, 2.75) is 32.1 Å². The number of benzene rings is 3. The second-order valence-corrected chi connectivity index (χ2v) is 9.93. The first-order valence-electron chi connectivity index (χ1n) is 12.8. The van der Waals surface area contributed by atoms with E-state index >= 15 is 0 Å². The molecule has 194 valence electrons. The lowest BCUT2D eigenvalue weighted by molar-refractivity contribution is -0.140. The molecule has 5 aromatic rings. The van der Waals surface area contributed by atoms with Crippen LogP contribution >= 0.6 is 0 Å². The maximum Gasteiger partial charge on any atom is 0.314 e. The van der Waals surface area contributed by atoms with Crippen LogP contribution in [-0.2, 0) is 10.2 Å². The normalized spacial score (nSPS) is 13.7. The second kappa shape index (κ2) is 9.51. The minimum atomic E-state index is -0.870. The van der Waals surface area contributed by atoms with Gasteiger partial charge in [-0.25, -0.2) is 9.37 Å².